The Balaban J connectivity index is 1.88. The largest absolute Gasteiger partial charge is 0.484 e. The van der Waals surface area contributed by atoms with E-state index in [4.69, 9.17) is 20.8 Å². The van der Waals surface area contributed by atoms with Gasteiger partial charge in [0, 0.05) is 6.54 Å². The van der Waals surface area contributed by atoms with Crippen LogP contribution in [0.15, 0.2) is 40.8 Å². The molecule has 0 radical (unpaired) electrons. The van der Waals surface area contributed by atoms with Crippen molar-refractivity contribution < 1.29 is 13.9 Å². The average molecular weight is 308 g/mol. The van der Waals surface area contributed by atoms with Crippen molar-refractivity contribution in [1.29, 1.82) is 0 Å². The first-order valence-corrected chi connectivity index (χ1v) is 7.32. The zero-order valence-corrected chi connectivity index (χ0v) is 12.7. The maximum Gasteiger partial charge on any atom is 0.286 e. The number of amides is 1. The van der Waals surface area contributed by atoms with Crippen molar-refractivity contribution in [2.75, 3.05) is 6.54 Å². The number of carbonyl (C=O) groups is 1. The smallest absolute Gasteiger partial charge is 0.286 e. The normalized spacial score (nSPS) is 10.4. The average Bonchev–Trinajstić information content (AvgIpc) is 2.95. The van der Waals surface area contributed by atoms with Gasteiger partial charge in [0.15, 0.2) is 5.76 Å². The first-order chi connectivity index (χ1) is 10.2. The van der Waals surface area contributed by atoms with E-state index < -0.39 is 0 Å². The number of carbonyl (C=O) groups excluding carboxylic acids is 1. The predicted octanol–water partition coefficient (Wildman–Crippen LogP) is 4.04. The van der Waals surface area contributed by atoms with Gasteiger partial charge in [-0.3, -0.25) is 4.79 Å². The molecule has 0 saturated heterocycles. The topological polar surface area (TPSA) is 51.5 Å². The van der Waals surface area contributed by atoms with Gasteiger partial charge in [0.05, 0.1) is 5.02 Å². The molecule has 0 aliphatic carbocycles. The van der Waals surface area contributed by atoms with Crippen LogP contribution in [0.4, 0.5) is 0 Å². The molecule has 1 N–H and O–H groups in total. The quantitative estimate of drug-likeness (QED) is 0.785. The summed E-state index contributed by atoms with van der Waals surface area (Å²) in [4.78, 5) is 11.8. The van der Waals surface area contributed by atoms with Crippen molar-refractivity contribution in [3.63, 3.8) is 0 Å². The van der Waals surface area contributed by atoms with Gasteiger partial charge in [0.2, 0.25) is 0 Å². The fraction of sp³-hybridized carbons (Fsp3) is 0.312. The number of furan rings is 1. The zero-order chi connectivity index (χ0) is 15.1. The second kappa shape index (κ2) is 7.74. The van der Waals surface area contributed by atoms with Crippen LogP contribution in [0.1, 0.15) is 36.1 Å². The summed E-state index contributed by atoms with van der Waals surface area (Å²) in [6.07, 6.45) is 1.99. The van der Waals surface area contributed by atoms with Crippen LogP contribution in [-0.2, 0) is 6.61 Å². The van der Waals surface area contributed by atoms with Crippen LogP contribution < -0.4 is 10.1 Å². The zero-order valence-electron chi connectivity index (χ0n) is 11.9. The highest BCUT2D eigenvalue weighted by Gasteiger charge is 2.11. The number of ether oxygens (including phenoxy) is 1. The molecule has 0 bridgehead atoms. The Hall–Kier alpha value is -1.94. The molecule has 2 aromatic rings. The first-order valence-electron chi connectivity index (χ1n) is 6.95. The molecule has 1 aromatic carbocycles. The fourth-order valence-electron chi connectivity index (χ4n) is 1.75. The molecule has 1 amide bonds. The number of halogens is 1. The Labute approximate surface area is 129 Å². The predicted molar refractivity (Wildman–Crippen MR) is 81.7 cm³/mol. The SMILES string of the molecule is CCCCNC(=O)c1ccc(COc2ccccc2Cl)o1. The number of benzene rings is 1. The summed E-state index contributed by atoms with van der Waals surface area (Å²) in [7, 11) is 0. The van der Waals surface area contributed by atoms with Crippen molar-refractivity contribution in [2.24, 2.45) is 0 Å². The summed E-state index contributed by atoms with van der Waals surface area (Å²) in [6.45, 7) is 2.96. The molecule has 112 valence electrons. The van der Waals surface area contributed by atoms with E-state index in [1.165, 1.54) is 0 Å². The molecule has 2 rings (SSSR count). The van der Waals surface area contributed by atoms with Crippen LogP contribution in [0.3, 0.4) is 0 Å². The fourth-order valence-corrected chi connectivity index (χ4v) is 1.94. The molecule has 1 aromatic heterocycles. The number of para-hydroxylation sites is 1. The lowest BCUT2D eigenvalue weighted by molar-refractivity contribution is 0.0921. The van der Waals surface area contributed by atoms with E-state index >= 15 is 0 Å². The third-order valence-corrected chi connectivity index (χ3v) is 3.22. The molecule has 0 aliphatic heterocycles. The third-order valence-electron chi connectivity index (χ3n) is 2.91. The van der Waals surface area contributed by atoms with Gasteiger partial charge in [-0.25, -0.2) is 0 Å². The van der Waals surface area contributed by atoms with E-state index in [9.17, 15) is 4.79 Å². The molecule has 1 heterocycles. The van der Waals surface area contributed by atoms with Crippen LogP contribution >= 0.6 is 11.6 Å². The number of unbranched alkanes of at least 4 members (excludes halogenated alkanes) is 1. The molecule has 0 aliphatic rings. The Morgan fingerprint density at radius 1 is 1.29 bits per heavy atom. The van der Waals surface area contributed by atoms with Gasteiger partial charge in [0.25, 0.3) is 5.91 Å². The van der Waals surface area contributed by atoms with Gasteiger partial charge >= 0.3 is 0 Å². The summed E-state index contributed by atoms with van der Waals surface area (Å²) < 4.78 is 11.0. The molecule has 0 fully saturated rings. The second-order valence-corrected chi connectivity index (χ2v) is 5.00. The Kier molecular flexibility index (Phi) is 5.69. The second-order valence-electron chi connectivity index (χ2n) is 4.59. The number of nitrogens with one attached hydrogen (secondary N) is 1. The minimum absolute atomic E-state index is 0.201. The van der Waals surface area contributed by atoms with E-state index in [1.807, 2.05) is 12.1 Å². The lowest BCUT2D eigenvalue weighted by Crippen LogP contribution is -2.23. The van der Waals surface area contributed by atoms with E-state index in [2.05, 4.69) is 12.2 Å². The highest BCUT2D eigenvalue weighted by Crippen LogP contribution is 2.24. The molecule has 0 atom stereocenters. The molecular formula is C16H18ClNO3. The maximum absolute atomic E-state index is 11.8. The van der Waals surface area contributed by atoms with Crippen LogP contribution in [0.2, 0.25) is 5.02 Å². The maximum atomic E-state index is 11.8. The highest BCUT2D eigenvalue weighted by molar-refractivity contribution is 6.32. The summed E-state index contributed by atoms with van der Waals surface area (Å²) in [5, 5.41) is 3.34. The van der Waals surface area contributed by atoms with Crippen LogP contribution in [-0.4, -0.2) is 12.5 Å². The monoisotopic (exact) mass is 307 g/mol. The van der Waals surface area contributed by atoms with Crippen LogP contribution in [0.5, 0.6) is 5.75 Å². The Morgan fingerprint density at radius 3 is 2.86 bits per heavy atom. The van der Waals surface area contributed by atoms with Gasteiger partial charge < -0.3 is 14.5 Å². The standard InChI is InChI=1S/C16H18ClNO3/c1-2-3-10-18-16(19)15-9-8-12(21-15)11-20-14-7-5-4-6-13(14)17/h4-9H,2-3,10-11H2,1H3,(H,18,19). The summed E-state index contributed by atoms with van der Waals surface area (Å²) in [5.41, 5.74) is 0. The number of hydrogen-bond acceptors (Lipinski definition) is 3. The highest BCUT2D eigenvalue weighted by atomic mass is 35.5. The number of rotatable bonds is 7. The third kappa shape index (κ3) is 4.53. The Morgan fingerprint density at radius 2 is 2.10 bits per heavy atom. The van der Waals surface area contributed by atoms with E-state index in [0.29, 0.717) is 28.8 Å². The molecular weight excluding hydrogens is 290 g/mol. The van der Waals surface area contributed by atoms with Crippen molar-refractivity contribution in [2.45, 2.75) is 26.4 Å². The number of hydrogen-bond donors (Lipinski definition) is 1. The van der Waals surface area contributed by atoms with Crippen molar-refractivity contribution in [1.82, 2.24) is 5.32 Å². The van der Waals surface area contributed by atoms with Gasteiger partial charge in [0.1, 0.15) is 18.1 Å². The van der Waals surface area contributed by atoms with Gasteiger partial charge in [-0.2, -0.15) is 0 Å². The molecule has 0 unspecified atom stereocenters. The first kappa shape index (κ1) is 15.4. The summed E-state index contributed by atoms with van der Waals surface area (Å²) in [5.74, 6) is 1.26. The summed E-state index contributed by atoms with van der Waals surface area (Å²) >= 11 is 6.00. The lowest BCUT2D eigenvalue weighted by Gasteiger charge is -2.05. The Bertz CT molecular complexity index is 595. The molecule has 4 nitrogen and oxygen atoms in total. The summed E-state index contributed by atoms with van der Waals surface area (Å²) in [6, 6.07) is 10.6. The molecule has 0 spiro atoms. The van der Waals surface area contributed by atoms with Gasteiger partial charge in [-0.1, -0.05) is 37.1 Å². The van der Waals surface area contributed by atoms with Crippen LogP contribution in [0.25, 0.3) is 0 Å². The van der Waals surface area contributed by atoms with Gasteiger partial charge in [-0.15, -0.1) is 0 Å². The minimum Gasteiger partial charge on any atom is -0.484 e. The van der Waals surface area contributed by atoms with E-state index in [1.54, 1.807) is 24.3 Å². The lowest BCUT2D eigenvalue weighted by atomic mass is 10.3. The van der Waals surface area contributed by atoms with Crippen molar-refractivity contribution in [3.05, 3.63) is 52.9 Å². The van der Waals surface area contributed by atoms with E-state index in [-0.39, 0.29) is 12.5 Å². The van der Waals surface area contributed by atoms with Crippen LogP contribution in [0, 0.1) is 0 Å². The van der Waals surface area contributed by atoms with Crippen molar-refractivity contribution in [3.8, 4) is 5.75 Å². The molecule has 5 heteroatoms. The van der Waals surface area contributed by atoms with Crippen molar-refractivity contribution >= 4 is 17.5 Å². The van der Waals surface area contributed by atoms with E-state index in [0.717, 1.165) is 12.8 Å². The molecule has 21 heavy (non-hydrogen) atoms. The minimum atomic E-state index is -0.201. The molecule has 0 saturated carbocycles. The van der Waals surface area contributed by atoms with Gasteiger partial charge in [-0.05, 0) is 30.7 Å².